The maximum Gasteiger partial charge on any atom is 0.226 e. The van der Waals surface area contributed by atoms with Crippen LogP contribution in [0.15, 0.2) is 6.33 Å². The van der Waals surface area contributed by atoms with Crippen LogP contribution in [0, 0.1) is 0 Å². The van der Waals surface area contributed by atoms with Gasteiger partial charge in [-0.1, -0.05) is 12.8 Å². The van der Waals surface area contributed by atoms with E-state index in [1.165, 1.54) is 25.0 Å². The molecule has 0 amide bonds. The van der Waals surface area contributed by atoms with Gasteiger partial charge in [-0.05, 0) is 31.8 Å². The number of nitrogens with zero attached hydrogens (tertiary/aromatic N) is 3. The minimum atomic E-state index is 0.625. The van der Waals surface area contributed by atoms with Crippen molar-refractivity contribution in [2.24, 2.45) is 0 Å². The molecule has 7 heteroatoms. The van der Waals surface area contributed by atoms with Crippen molar-refractivity contribution in [2.75, 3.05) is 35.7 Å². The maximum absolute atomic E-state index is 4.50. The monoisotopic (exact) mass is 308 g/mol. The third-order valence-electron chi connectivity index (χ3n) is 3.19. The summed E-state index contributed by atoms with van der Waals surface area (Å²) in [7, 11) is 0. The van der Waals surface area contributed by atoms with Crippen LogP contribution in [0.2, 0.25) is 0 Å². The van der Waals surface area contributed by atoms with Crippen LogP contribution in [0.1, 0.15) is 32.6 Å². The highest BCUT2D eigenvalue weighted by Crippen LogP contribution is 2.18. The van der Waals surface area contributed by atoms with Crippen molar-refractivity contribution in [2.45, 2.75) is 32.6 Å². The Morgan fingerprint density at radius 2 is 2.00 bits per heavy atom. The molecule has 0 spiro atoms. The van der Waals surface area contributed by atoms with Gasteiger partial charge in [0.05, 0.1) is 6.33 Å². The third kappa shape index (κ3) is 4.77. The standard InChI is InChI=1S/C14H24N6S/c1-3-15-14-19-12(11-13(20-14)18-10-17-11)16-8-6-4-5-7-9-21-2/h10H,3-9H2,1-2H3,(H3,15,16,17,18,19,20). The predicted molar refractivity (Wildman–Crippen MR) is 91.2 cm³/mol. The van der Waals surface area contributed by atoms with Crippen molar-refractivity contribution >= 4 is 34.7 Å². The van der Waals surface area contributed by atoms with E-state index in [0.717, 1.165) is 30.8 Å². The molecule has 2 heterocycles. The average molecular weight is 308 g/mol. The maximum atomic E-state index is 4.50. The number of hydrogen-bond acceptors (Lipinski definition) is 6. The van der Waals surface area contributed by atoms with Gasteiger partial charge in [-0.3, -0.25) is 0 Å². The van der Waals surface area contributed by atoms with E-state index < -0.39 is 0 Å². The summed E-state index contributed by atoms with van der Waals surface area (Å²) < 4.78 is 0. The third-order valence-corrected chi connectivity index (χ3v) is 3.89. The predicted octanol–water partition coefficient (Wildman–Crippen LogP) is 3.12. The first kappa shape index (κ1) is 15.9. The molecular weight excluding hydrogens is 284 g/mol. The van der Waals surface area contributed by atoms with Gasteiger partial charge in [-0.2, -0.15) is 21.7 Å². The first-order valence-corrected chi connectivity index (χ1v) is 8.92. The molecule has 0 radical (unpaired) electrons. The molecular formula is C14H24N6S. The van der Waals surface area contributed by atoms with Crippen LogP contribution < -0.4 is 10.6 Å². The molecule has 0 aliphatic carbocycles. The Bertz CT molecular complexity index is 541. The van der Waals surface area contributed by atoms with Crippen LogP contribution >= 0.6 is 11.8 Å². The largest absolute Gasteiger partial charge is 0.368 e. The Kier molecular flexibility index (Phi) is 6.59. The molecule has 0 bridgehead atoms. The van der Waals surface area contributed by atoms with E-state index in [0.29, 0.717) is 11.6 Å². The summed E-state index contributed by atoms with van der Waals surface area (Å²) in [4.78, 5) is 16.2. The molecule has 2 aromatic rings. The molecule has 2 rings (SSSR count). The van der Waals surface area contributed by atoms with Crippen molar-refractivity contribution in [3.8, 4) is 0 Å². The second-order valence-corrected chi connectivity index (χ2v) is 5.85. The SMILES string of the molecule is CCNc1nc(NCCCCCCSC)c2[nH]cnc2n1. The number of hydrogen-bond donors (Lipinski definition) is 3. The number of aromatic nitrogens is 4. The van der Waals surface area contributed by atoms with Gasteiger partial charge >= 0.3 is 0 Å². The number of thioether (sulfide) groups is 1. The lowest BCUT2D eigenvalue weighted by molar-refractivity contribution is 0.688. The summed E-state index contributed by atoms with van der Waals surface area (Å²) in [5, 5.41) is 6.53. The summed E-state index contributed by atoms with van der Waals surface area (Å²) in [5.41, 5.74) is 1.57. The number of rotatable bonds is 10. The molecule has 0 aliphatic heterocycles. The lowest BCUT2D eigenvalue weighted by Gasteiger charge is -2.08. The van der Waals surface area contributed by atoms with Crippen LogP contribution in [0.3, 0.4) is 0 Å². The Morgan fingerprint density at radius 1 is 1.14 bits per heavy atom. The zero-order valence-corrected chi connectivity index (χ0v) is 13.6. The van der Waals surface area contributed by atoms with Crippen LogP contribution in [0.5, 0.6) is 0 Å². The fourth-order valence-corrected chi connectivity index (χ4v) is 2.62. The lowest BCUT2D eigenvalue weighted by Crippen LogP contribution is -2.08. The van der Waals surface area contributed by atoms with Gasteiger partial charge < -0.3 is 15.6 Å². The van der Waals surface area contributed by atoms with E-state index in [2.05, 4.69) is 36.8 Å². The molecule has 3 N–H and O–H groups in total. The molecule has 0 unspecified atom stereocenters. The van der Waals surface area contributed by atoms with Crippen LogP contribution in [0.25, 0.3) is 11.2 Å². The smallest absolute Gasteiger partial charge is 0.226 e. The normalized spacial score (nSPS) is 11.0. The minimum Gasteiger partial charge on any atom is -0.368 e. The number of H-pyrrole nitrogens is 1. The van der Waals surface area contributed by atoms with Crippen molar-refractivity contribution in [3.05, 3.63) is 6.33 Å². The van der Waals surface area contributed by atoms with Gasteiger partial charge in [0.15, 0.2) is 11.5 Å². The van der Waals surface area contributed by atoms with Gasteiger partial charge in [-0.25, -0.2) is 4.98 Å². The number of anilines is 2. The van der Waals surface area contributed by atoms with Gasteiger partial charge in [-0.15, -0.1) is 0 Å². The number of unbranched alkanes of at least 4 members (excludes halogenated alkanes) is 3. The first-order chi connectivity index (χ1) is 10.3. The molecule has 0 atom stereocenters. The highest BCUT2D eigenvalue weighted by Gasteiger charge is 2.08. The molecule has 0 aromatic carbocycles. The van der Waals surface area contributed by atoms with Gasteiger partial charge in [0, 0.05) is 13.1 Å². The fourth-order valence-electron chi connectivity index (χ4n) is 2.13. The van der Waals surface area contributed by atoms with Crippen LogP contribution in [-0.2, 0) is 0 Å². The Labute approximate surface area is 129 Å². The minimum absolute atomic E-state index is 0.625. The Morgan fingerprint density at radius 3 is 2.81 bits per heavy atom. The summed E-state index contributed by atoms with van der Waals surface area (Å²) in [6.07, 6.45) is 8.84. The summed E-state index contributed by atoms with van der Waals surface area (Å²) in [6.45, 7) is 3.75. The molecule has 116 valence electrons. The van der Waals surface area contributed by atoms with Gasteiger partial charge in [0.1, 0.15) is 5.52 Å². The molecule has 0 saturated heterocycles. The topological polar surface area (TPSA) is 78.5 Å². The molecule has 0 fully saturated rings. The molecule has 21 heavy (non-hydrogen) atoms. The zero-order valence-electron chi connectivity index (χ0n) is 12.8. The summed E-state index contributed by atoms with van der Waals surface area (Å²) in [5.74, 6) is 2.72. The lowest BCUT2D eigenvalue weighted by atomic mass is 10.2. The molecule has 0 saturated carbocycles. The highest BCUT2D eigenvalue weighted by atomic mass is 32.2. The number of fused-ring (bicyclic) bond motifs is 1. The van der Waals surface area contributed by atoms with E-state index in [-0.39, 0.29) is 0 Å². The number of imidazole rings is 1. The van der Waals surface area contributed by atoms with Gasteiger partial charge in [0.25, 0.3) is 0 Å². The first-order valence-electron chi connectivity index (χ1n) is 7.53. The molecule has 6 nitrogen and oxygen atoms in total. The quantitative estimate of drug-likeness (QED) is 0.585. The second kappa shape index (κ2) is 8.71. The molecule has 2 aromatic heterocycles. The Balaban J connectivity index is 1.87. The van der Waals surface area contributed by atoms with E-state index in [1.54, 1.807) is 6.33 Å². The van der Waals surface area contributed by atoms with Crippen molar-refractivity contribution < 1.29 is 0 Å². The zero-order chi connectivity index (χ0) is 14.9. The highest BCUT2D eigenvalue weighted by molar-refractivity contribution is 7.98. The van der Waals surface area contributed by atoms with E-state index in [1.807, 2.05) is 18.7 Å². The summed E-state index contributed by atoms with van der Waals surface area (Å²) in [6, 6.07) is 0. The fraction of sp³-hybridized carbons (Fsp3) is 0.643. The van der Waals surface area contributed by atoms with Crippen molar-refractivity contribution in [1.29, 1.82) is 0 Å². The number of aromatic amines is 1. The average Bonchev–Trinajstić information content (AvgIpc) is 2.95. The molecule has 0 aliphatic rings. The van der Waals surface area contributed by atoms with Crippen molar-refractivity contribution in [1.82, 2.24) is 19.9 Å². The van der Waals surface area contributed by atoms with E-state index in [4.69, 9.17) is 0 Å². The Hall–Kier alpha value is -1.50. The van der Waals surface area contributed by atoms with Gasteiger partial charge in [0.2, 0.25) is 5.95 Å². The summed E-state index contributed by atoms with van der Waals surface area (Å²) >= 11 is 1.92. The van der Waals surface area contributed by atoms with E-state index in [9.17, 15) is 0 Å². The number of nitrogens with one attached hydrogen (secondary N) is 3. The van der Waals surface area contributed by atoms with Crippen LogP contribution in [-0.4, -0.2) is 45.0 Å². The second-order valence-electron chi connectivity index (χ2n) is 4.86. The van der Waals surface area contributed by atoms with Crippen molar-refractivity contribution in [3.63, 3.8) is 0 Å². The van der Waals surface area contributed by atoms with E-state index >= 15 is 0 Å². The van der Waals surface area contributed by atoms with Crippen LogP contribution in [0.4, 0.5) is 11.8 Å².